The molecule has 1 N–H and O–H groups in total. The Balaban J connectivity index is 1.59. The number of hydrogen-bond acceptors (Lipinski definition) is 3. The molecule has 0 aliphatic heterocycles. The molecule has 0 bridgehead atoms. The lowest BCUT2D eigenvalue weighted by molar-refractivity contribution is -0.543. The van der Waals surface area contributed by atoms with Crippen molar-refractivity contribution in [3.63, 3.8) is 0 Å². The standard InChI is InChI=1S/C27H46ClNO3/c1-17(2)7-6-8-18(3)21-9-10-22-20-15-24(29(31)32)27(28)16-19(30)11-14-26(27,5)23(20)12-13-25(21,22)4/h17-24,30H,6-16H2,1-5H3/t18-,19-,20+,21+,22-,23-,24+,25-,26-,27+/m1/s1. The molecule has 0 aromatic rings. The molecule has 0 amide bonds. The maximum absolute atomic E-state index is 12.3. The fraction of sp³-hybridized carbons (Fsp3) is 1.00. The molecule has 184 valence electrons. The first-order valence-corrected chi connectivity index (χ1v) is 13.8. The summed E-state index contributed by atoms with van der Waals surface area (Å²) in [5, 5.41) is 22.7. The summed E-state index contributed by atoms with van der Waals surface area (Å²) in [6.07, 6.45) is 10.9. The summed E-state index contributed by atoms with van der Waals surface area (Å²) < 4.78 is 0. The highest BCUT2D eigenvalue weighted by Crippen LogP contribution is 2.70. The lowest BCUT2D eigenvalue weighted by atomic mass is 9.43. The maximum Gasteiger partial charge on any atom is 0.232 e. The summed E-state index contributed by atoms with van der Waals surface area (Å²) in [5.74, 6) is 3.71. The van der Waals surface area contributed by atoms with Crippen molar-refractivity contribution < 1.29 is 10.0 Å². The minimum atomic E-state index is -0.911. The molecule has 0 heterocycles. The molecule has 4 rings (SSSR count). The van der Waals surface area contributed by atoms with Gasteiger partial charge >= 0.3 is 0 Å². The topological polar surface area (TPSA) is 63.4 Å². The van der Waals surface area contributed by atoms with Gasteiger partial charge in [-0.3, -0.25) is 10.1 Å². The van der Waals surface area contributed by atoms with Gasteiger partial charge in [0.1, 0.15) is 4.87 Å². The van der Waals surface area contributed by atoms with Crippen LogP contribution in [0.1, 0.15) is 105 Å². The smallest absolute Gasteiger partial charge is 0.232 e. The molecule has 4 nitrogen and oxygen atoms in total. The Labute approximate surface area is 200 Å². The summed E-state index contributed by atoms with van der Waals surface area (Å²) in [4.78, 5) is 11.3. The van der Waals surface area contributed by atoms with Crippen LogP contribution in [-0.4, -0.2) is 27.0 Å². The van der Waals surface area contributed by atoms with Crippen molar-refractivity contribution in [2.24, 2.45) is 46.3 Å². The van der Waals surface area contributed by atoms with Crippen LogP contribution >= 0.6 is 11.6 Å². The first-order chi connectivity index (χ1) is 14.9. The van der Waals surface area contributed by atoms with Gasteiger partial charge < -0.3 is 5.11 Å². The molecule has 0 spiro atoms. The second-order valence-electron chi connectivity index (χ2n) is 13.1. The quantitative estimate of drug-likeness (QED) is 0.257. The average molecular weight is 468 g/mol. The minimum Gasteiger partial charge on any atom is -0.393 e. The zero-order valence-electron chi connectivity index (χ0n) is 21.0. The molecule has 10 atom stereocenters. The van der Waals surface area contributed by atoms with E-state index < -0.39 is 17.0 Å². The third-order valence-electron chi connectivity index (χ3n) is 11.2. The van der Waals surface area contributed by atoms with Crippen LogP contribution in [0.25, 0.3) is 0 Å². The normalized spacial score (nSPS) is 49.2. The van der Waals surface area contributed by atoms with E-state index in [1.165, 1.54) is 38.5 Å². The van der Waals surface area contributed by atoms with Gasteiger partial charge in [-0.1, -0.05) is 53.9 Å². The molecule has 4 aliphatic rings. The third kappa shape index (κ3) is 3.74. The van der Waals surface area contributed by atoms with Gasteiger partial charge in [-0.2, -0.15) is 0 Å². The first-order valence-electron chi connectivity index (χ1n) is 13.4. The molecular formula is C27H46ClNO3. The Bertz CT molecular complexity index is 715. The van der Waals surface area contributed by atoms with Crippen molar-refractivity contribution in [3.8, 4) is 0 Å². The molecular weight excluding hydrogens is 422 g/mol. The summed E-state index contributed by atoms with van der Waals surface area (Å²) in [6, 6.07) is -0.741. The van der Waals surface area contributed by atoms with E-state index in [1.54, 1.807) is 0 Å². The van der Waals surface area contributed by atoms with E-state index in [1.807, 2.05) is 0 Å². The van der Waals surface area contributed by atoms with E-state index in [0.717, 1.165) is 37.0 Å². The highest BCUT2D eigenvalue weighted by Gasteiger charge is 2.70. The largest absolute Gasteiger partial charge is 0.393 e. The Morgan fingerprint density at radius 1 is 1.06 bits per heavy atom. The highest BCUT2D eigenvalue weighted by atomic mass is 35.5. The number of halogens is 1. The molecule has 0 aromatic heterocycles. The Morgan fingerprint density at radius 3 is 2.44 bits per heavy atom. The Kier molecular flexibility index (Phi) is 6.73. The summed E-state index contributed by atoms with van der Waals surface area (Å²) in [7, 11) is 0. The number of alkyl halides is 1. The van der Waals surface area contributed by atoms with Gasteiger partial charge in [0.25, 0.3) is 0 Å². The van der Waals surface area contributed by atoms with Crippen molar-refractivity contribution in [1.82, 2.24) is 0 Å². The molecule has 4 aliphatic carbocycles. The van der Waals surface area contributed by atoms with Crippen LogP contribution in [-0.2, 0) is 0 Å². The van der Waals surface area contributed by atoms with Gasteiger partial charge in [-0.25, -0.2) is 0 Å². The number of rotatable bonds is 6. The Morgan fingerprint density at radius 2 is 1.78 bits per heavy atom. The van der Waals surface area contributed by atoms with E-state index in [2.05, 4.69) is 34.6 Å². The monoisotopic (exact) mass is 467 g/mol. The lowest BCUT2D eigenvalue weighted by Gasteiger charge is -2.63. The van der Waals surface area contributed by atoms with Gasteiger partial charge in [0.2, 0.25) is 6.04 Å². The molecule has 4 saturated carbocycles. The van der Waals surface area contributed by atoms with Crippen molar-refractivity contribution in [2.45, 2.75) is 122 Å². The van der Waals surface area contributed by atoms with Crippen LogP contribution in [0, 0.1) is 56.5 Å². The lowest BCUT2D eigenvalue weighted by Crippen LogP contribution is -2.67. The predicted octanol–water partition coefficient (Wildman–Crippen LogP) is 7.09. The predicted molar refractivity (Wildman–Crippen MR) is 130 cm³/mol. The molecule has 0 aromatic carbocycles. The summed E-state index contributed by atoms with van der Waals surface area (Å²) >= 11 is 7.23. The van der Waals surface area contributed by atoms with Crippen molar-refractivity contribution in [2.75, 3.05) is 0 Å². The number of aliphatic hydroxyl groups is 1. The molecule has 0 saturated heterocycles. The summed E-state index contributed by atoms with van der Waals surface area (Å²) in [6.45, 7) is 11.9. The van der Waals surface area contributed by atoms with Crippen molar-refractivity contribution in [1.29, 1.82) is 0 Å². The maximum atomic E-state index is 12.3. The molecule has 4 fully saturated rings. The molecule has 5 heteroatoms. The number of nitrogens with zero attached hydrogens (tertiary/aromatic N) is 1. The van der Waals surface area contributed by atoms with Gasteiger partial charge in [0.15, 0.2) is 0 Å². The SMILES string of the molecule is CC(C)CCC[C@@H](C)[C@@H]1CC[C@@H]2[C@@H]3C[C@H]([N+](=O)[O-])[C@@]4(Cl)C[C@H](O)CC[C@]4(C)[C@@H]3CC[C@@]21C. The Hall–Kier alpha value is -0.350. The zero-order chi connectivity index (χ0) is 23.5. The van der Waals surface area contributed by atoms with Crippen LogP contribution in [0.2, 0.25) is 0 Å². The van der Waals surface area contributed by atoms with Crippen molar-refractivity contribution in [3.05, 3.63) is 10.1 Å². The van der Waals surface area contributed by atoms with Crippen LogP contribution < -0.4 is 0 Å². The minimum absolute atomic E-state index is 0.0908. The fourth-order valence-electron chi connectivity index (χ4n) is 9.49. The summed E-state index contributed by atoms with van der Waals surface area (Å²) in [5.41, 5.74) is 0.0627. The number of nitro groups is 1. The number of fused-ring (bicyclic) bond motifs is 5. The van der Waals surface area contributed by atoms with Gasteiger partial charge in [-0.15, -0.1) is 11.6 Å². The van der Waals surface area contributed by atoms with Gasteiger partial charge in [-0.05, 0) is 91.3 Å². The van der Waals surface area contributed by atoms with Crippen LogP contribution in [0.4, 0.5) is 0 Å². The number of aliphatic hydroxyl groups excluding tert-OH is 1. The van der Waals surface area contributed by atoms with Gasteiger partial charge in [0, 0.05) is 11.3 Å². The van der Waals surface area contributed by atoms with E-state index >= 15 is 0 Å². The van der Waals surface area contributed by atoms with Crippen LogP contribution in [0.5, 0.6) is 0 Å². The van der Waals surface area contributed by atoms with Crippen molar-refractivity contribution >= 4 is 11.6 Å². The van der Waals surface area contributed by atoms with Gasteiger partial charge in [0.05, 0.1) is 6.10 Å². The van der Waals surface area contributed by atoms with Crippen LogP contribution in [0.15, 0.2) is 0 Å². The average Bonchev–Trinajstić information content (AvgIpc) is 3.05. The highest BCUT2D eigenvalue weighted by molar-refractivity contribution is 6.25. The molecule has 0 radical (unpaired) electrons. The third-order valence-corrected chi connectivity index (χ3v) is 12.1. The molecule has 0 unspecified atom stereocenters. The van der Waals surface area contributed by atoms with E-state index in [9.17, 15) is 15.2 Å². The molecule has 32 heavy (non-hydrogen) atoms. The van der Waals surface area contributed by atoms with E-state index in [0.29, 0.717) is 36.0 Å². The number of hydrogen-bond donors (Lipinski definition) is 1. The first kappa shape index (κ1) is 24.8. The fourth-order valence-corrected chi connectivity index (χ4v) is 10.1. The second-order valence-corrected chi connectivity index (χ2v) is 13.8. The second kappa shape index (κ2) is 8.70. The van der Waals surface area contributed by atoms with Crippen LogP contribution in [0.3, 0.4) is 0 Å². The van der Waals surface area contributed by atoms with E-state index in [-0.39, 0.29) is 10.3 Å². The zero-order valence-corrected chi connectivity index (χ0v) is 21.7. The van der Waals surface area contributed by atoms with E-state index in [4.69, 9.17) is 11.6 Å².